The zero-order chi connectivity index (χ0) is 23.2. The van der Waals surface area contributed by atoms with Crippen LogP contribution in [-0.4, -0.2) is 67.4 Å². The van der Waals surface area contributed by atoms with E-state index in [4.69, 9.17) is 4.74 Å². The number of ether oxygens (including phenoxy) is 1. The largest absolute Gasteiger partial charge is 0.373 e. The van der Waals surface area contributed by atoms with Gasteiger partial charge in [0, 0.05) is 64.3 Å². The van der Waals surface area contributed by atoms with Crippen LogP contribution in [0.25, 0.3) is 11.1 Å². The van der Waals surface area contributed by atoms with Gasteiger partial charge in [-0.15, -0.1) is 0 Å². The lowest BCUT2D eigenvalue weighted by molar-refractivity contribution is -0.131. The van der Waals surface area contributed by atoms with Crippen molar-refractivity contribution >= 4 is 11.6 Å². The molecule has 0 bridgehead atoms. The smallest absolute Gasteiger partial charge is 0.225 e. The van der Waals surface area contributed by atoms with Crippen LogP contribution in [0.2, 0.25) is 0 Å². The number of nitrogens with one attached hydrogen (secondary N) is 2. The number of amides is 1. The highest BCUT2D eigenvalue weighted by molar-refractivity contribution is 5.80. The van der Waals surface area contributed by atoms with E-state index >= 15 is 0 Å². The maximum atomic E-state index is 12.2. The van der Waals surface area contributed by atoms with Crippen LogP contribution >= 0.6 is 0 Å². The van der Waals surface area contributed by atoms with Gasteiger partial charge in [-0.1, -0.05) is 30.3 Å². The molecule has 176 valence electrons. The minimum Gasteiger partial charge on any atom is -0.373 e. The van der Waals surface area contributed by atoms with Gasteiger partial charge in [0.2, 0.25) is 5.91 Å². The number of carbonyl (C=O) groups is 1. The molecule has 2 heterocycles. The lowest BCUT2D eigenvalue weighted by atomic mass is 10.0. The molecule has 7 nitrogen and oxygen atoms in total. The van der Waals surface area contributed by atoms with Gasteiger partial charge in [-0.05, 0) is 48.6 Å². The number of rotatable bonds is 7. The molecule has 2 aromatic rings. The summed E-state index contributed by atoms with van der Waals surface area (Å²) >= 11 is 0. The van der Waals surface area contributed by atoms with Crippen LogP contribution in [0.5, 0.6) is 0 Å². The van der Waals surface area contributed by atoms with E-state index in [1.165, 1.54) is 5.56 Å². The molecular formula is C26H35N5O2. The first-order valence-electron chi connectivity index (χ1n) is 11.8. The summed E-state index contributed by atoms with van der Waals surface area (Å²) in [5.41, 5.74) is 4.36. The highest BCUT2D eigenvalue weighted by Crippen LogP contribution is 2.30. The van der Waals surface area contributed by atoms with Crippen molar-refractivity contribution < 1.29 is 9.53 Å². The van der Waals surface area contributed by atoms with Crippen molar-refractivity contribution in [2.24, 2.45) is 5.92 Å². The Labute approximate surface area is 196 Å². The molecule has 1 saturated heterocycles. The molecule has 2 N–H and O–H groups in total. The molecule has 0 radical (unpaired) electrons. The summed E-state index contributed by atoms with van der Waals surface area (Å²) in [4.78, 5) is 16.2. The first-order chi connectivity index (χ1) is 16.0. The van der Waals surface area contributed by atoms with Gasteiger partial charge in [-0.3, -0.25) is 9.89 Å². The fourth-order valence-electron chi connectivity index (χ4n) is 4.04. The van der Waals surface area contributed by atoms with E-state index in [2.05, 4.69) is 63.7 Å². The molecule has 0 spiro atoms. The number of hydrogen-bond donors (Lipinski definition) is 2. The normalized spacial score (nSPS) is 20.1. The Morgan fingerprint density at radius 2 is 1.79 bits per heavy atom. The third-order valence-electron chi connectivity index (χ3n) is 6.34. The molecule has 1 aromatic carbocycles. The average Bonchev–Trinajstić information content (AvgIpc) is 3.66. The topological polar surface area (TPSA) is 73.5 Å². The number of aromatic amines is 1. The molecule has 1 aromatic heterocycles. The molecule has 33 heavy (non-hydrogen) atoms. The number of likely N-dealkylation sites (N-methyl/N-ethyl adjacent to an activating group) is 2. The van der Waals surface area contributed by atoms with Gasteiger partial charge in [0.1, 0.15) is 0 Å². The number of nitrogens with zero attached hydrogens (tertiary/aromatic N) is 3. The van der Waals surface area contributed by atoms with E-state index in [1.54, 1.807) is 6.20 Å². The highest BCUT2D eigenvalue weighted by atomic mass is 16.5. The van der Waals surface area contributed by atoms with Crippen molar-refractivity contribution in [2.45, 2.75) is 32.0 Å². The average molecular weight is 450 g/mol. The number of H-pyrrole nitrogens is 1. The van der Waals surface area contributed by atoms with Crippen LogP contribution in [0.1, 0.15) is 31.4 Å². The van der Waals surface area contributed by atoms with Gasteiger partial charge in [-0.25, -0.2) is 0 Å². The minimum absolute atomic E-state index is 0.0868. The molecule has 4 rings (SSSR count). The Balaban J connectivity index is 1.46. The minimum atomic E-state index is 0.0868. The van der Waals surface area contributed by atoms with Crippen LogP contribution in [0.3, 0.4) is 0 Å². The summed E-state index contributed by atoms with van der Waals surface area (Å²) in [6, 6.07) is 14.7. The summed E-state index contributed by atoms with van der Waals surface area (Å²) in [5, 5.41) is 10.7. The monoisotopic (exact) mass is 449 g/mol. The fraction of sp³-hybridized carbons (Fsp3) is 0.462. The maximum Gasteiger partial charge on any atom is 0.225 e. The van der Waals surface area contributed by atoms with Crippen LogP contribution < -0.4 is 10.2 Å². The summed E-state index contributed by atoms with van der Waals surface area (Å²) in [6.07, 6.45) is 6.04. The van der Waals surface area contributed by atoms with Gasteiger partial charge in [-0.2, -0.15) is 5.10 Å². The molecule has 1 saturated carbocycles. The third kappa shape index (κ3) is 6.33. The molecule has 1 amide bonds. The summed E-state index contributed by atoms with van der Waals surface area (Å²) in [5.74, 6) is 0.525. The number of aromatic nitrogens is 2. The Kier molecular flexibility index (Phi) is 7.62. The third-order valence-corrected chi connectivity index (χ3v) is 6.34. The SMILES string of the molecule is C[C@@H]1CNC[C@@H](c2ccc(-c3ccc(N(C)CCN(C)C(=O)C4CC4)ccn[nH]c3)cc2)O1. The van der Waals surface area contributed by atoms with E-state index in [0.717, 1.165) is 49.3 Å². The standard InChI is InChI=1S/C26H35N5O2/c1-19-16-27-18-25(33-19)21-6-4-20(5-7-21)23-10-11-24(12-13-28-29-17-23)30(2)14-15-31(3)26(32)22-8-9-22/h4-7,10-13,17,19,22,25,27,29H,8-9,14-16,18H2,1-3H3/t19-,25+/m1/s1. The van der Waals surface area contributed by atoms with Gasteiger partial charge in [0.15, 0.2) is 0 Å². The van der Waals surface area contributed by atoms with Crippen LogP contribution in [0.4, 0.5) is 5.69 Å². The molecular weight excluding hydrogens is 414 g/mol. The molecule has 2 aliphatic rings. The van der Waals surface area contributed by atoms with Crippen LogP contribution in [-0.2, 0) is 9.53 Å². The predicted molar refractivity (Wildman–Crippen MR) is 131 cm³/mol. The number of benzene rings is 1. The Morgan fingerprint density at radius 1 is 1.03 bits per heavy atom. The van der Waals surface area contributed by atoms with Crippen molar-refractivity contribution in [2.75, 3.05) is 45.2 Å². The number of hydrogen-bond acceptors (Lipinski definition) is 5. The van der Waals surface area contributed by atoms with Crippen molar-refractivity contribution in [3.8, 4) is 11.1 Å². The quantitative estimate of drug-likeness (QED) is 0.676. The van der Waals surface area contributed by atoms with Crippen LogP contribution in [0, 0.1) is 5.92 Å². The van der Waals surface area contributed by atoms with Crippen molar-refractivity contribution in [1.82, 2.24) is 20.4 Å². The second kappa shape index (κ2) is 10.8. The summed E-state index contributed by atoms with van der Waals surface area (Å²) < 4.78 is 6.06. The lowest BCUT2D eigenvalue weighted by Gasteiger charge is -2.29. The van der Waals surface area contributed by atoms with Crippen molar-refractivity contribution in [3.05, 3.63) is 60.4 Å². The van der Waals surface area contributed by atoms with Crippen LogP contribution in [0.15, 0.2) is 54.9 Å². The van der Waals surface area contributed by atoms with E-state index < -0.39 is 0 Å². The zero-order valence-corrected chi connectivity index (χ0v) is 19.8. The first-order valence-corrected chi connectivity index (χ1v) is 11.8. The van der Waals surface area contributed by atoms with Crippen molar-refractivity contribution in [3.63, 3.8) is 0 Å². The Hall–Kier alpha value is -2.90. The molecule has 1 aliphatic carbocycles. The molecule has 2 fully saturated rings. The lowest BCUT2D eigenvalue weighted by Crippen LogP contribution is -2.38. The maximum absolute atomic E-state index is 12.2. The van der Waals surface area contributed by atoms with Gasteiger partial charge < -0.3 is 19.9 Å². The predicted octanol–water partition coefficient (Wildman–Crippen LogP) is 3.56. The van der Waals surface area contributed by atoms with E-state index in [9.17, 15) is 4.79 Å². The van der Waals surface area contributed by atoms with Gasteiger partial charge >= 0.3 is 0 Å². The second-order valence-electron chi connectivity index (χ2n) is 9.10. The Bertz CT molecular complexity index is 984. The van der Waals surface area contributed by atoms with Gasteiger partial charge in [0.05, 0.1) is 12.2 Å². The number of anilines is 1. The zero-order valence-electron chi connectivity index (χ0n) is 19.8. The summed E-state index contributed by atoms with van der Waals surface area (Å²) in [7, 11) is 3.94. The summed E-state index contributed by atoms with van der Waals surface area (Å²) in [6.45, 7) is 5.29. The van der Waals surface area contributed by atoms with Gasteiger partial charge in [0.25, 0.3) is 0 Å². The van der Waals surface area contributed by atoms with E-state index in [0.29, 0.717) is 6.54 Å². The molecule has 2 atom stereocenters. The highest BCUT2D eigenvalue weighted by Gasteiger charge is 2.31. The Morgan fingerprint density at radius 3 is 2.52 bits per heavy atom. The second-order valence-corrected chi connectivity index (χ2v) is 9.10. The van der Waals surface area contributed by atoms with E-state index in [-0.39, 0.29) is 24.0 Å². The molecule has 1 aliphatic heterocycles. The molecule has 0 unspecified atom stereocenters. The van der Waals surface area contributed by atoms with Crippen molar-refractivity contribution in [1.29, 1.82) is 0 Å². The van der Waals surface area contributed by atoms with E-state index in [1.807, 2.05) is 31.3 Å². The number of morpholine rings is 1. The molecule has 7 heteroatoms. The first kappa shape index (κ1) is 23.3. The fourth-order valence-corrected chi connectivity index (χ4v) is 4.04. The number of carbonyl (C=O) groups excluding carboxylic acids is 1.